The van der Waals surface area contributed by atoms with Crippen LogP contribution in [-0.4, -0.2) is 84.2 Å². The van der Waals surface area contributed by atoms with Crippen molar-refractivity contribution in [1.82, 2.24) is 35.8 Å². The largest absolute Gasteiger partial charge is 0.491 e. The molecule has 3 N–H and O–H groups in total. The SMILES string of the molecule is CCCC1(NC=O)CN(Cc2ncc(-c3cccc(-c4cccc(-c5cc6c(c(OC)n5)C(NCC5CCC(=O)N5)CO6)c4F)c3F)nc2OC)C1. The second-order valence-electron chi connectivity index (χ2n) is 13.5. The van der Waals surface area contributed by atoms with E-state index in [9.17, 15) is 9.59 Å². The van der Waals surface area contributed by atoms with Crippen molar-refractivity contribution in [1.29, 1.82) is 0 Å². The Hall–Kier alpha value is -5.21. The average Bonchev–Trinajstić information content (AvgIpc) is 3.75. The Balaban J connectivity index is 1.13. The summed E-state index contributed by atoms with van der Waals surface area (Å²) in [6.07, 6.45) is 5.33. The molecule has 0 saturated carbocycles. The first-order valence-corrected chi connectivity index (χ1v) is 17.4. The van der Waals surface area contributed by atoms with E-state index in [2.05, 4.69) is 42.7 Å². The molecule has 0 radical (unpaired) electrons. The van der Waals surface area contributed by atoms with Crippen molar-refractivity contribution < 1.29 is 32.6 Å². The first-order chi connectivity index (χ1) is 25.3. The monoisotopic (exact) mass is 713 g/mol. The number of carbonyl (C=O) groups excluding carboxylic acids is 2. The minimum atomic E-state index is -0.662. The number of fused-ring (bicyclic) bond motifs is 1. The van der Waals surface area contributed by atoms with Gasteiger partial charge < -0.3 is 30.2 Å². The lowest BCUT2D eigenvalue weighted by Crippen LogP contribution is -2.68. The molecule has 0 bridgehead atoms. The molecule has 272 valence electrons. The van der Waals surface area contributed by atoms with E-state index in [4.69, 9.17) is 14.2 Å². The fourth-order valence-corrected chi connectivity index (χ4v) is 7.51. The maximum atomic E-state index is 16.4. The third kappa shape index (κ3) is 6.75. The number of pyridine rings is 1. The predicted molar refractivity (Wildman–Crippen MR) is 189 cm³/mol. The topological polar surface area (TPSA) is 140 Å². The van der Waals surface area contributed by atoms with Gasteiger partial charge >= 0.3 is 0 Å². The number of halogens is 2. The normalized spacial score (nSPS) is 19.0. The maximum Gasteiger partial charge on any atom is 0.237 e. The van der Waals surface area contributed by atoms with Crippen LogP contribution in [0.1, 0.15) is 49.9 Å². The van der Waals surface area contributed by atoms with E-state index >= 15 is 8.78 Å². The summed E-state index contributed by atoms with van der Waals surface area (Å²) >= 11 is 0. The van der Waals surface area contributed by atoms with Gasteiger partial charge in [0.05, 0.1) is 48.9 Å². The summed E-state index contributed by atoms with van der Waals surface area (Å²) in [5.74, 6) is -0.219. The van der Waals surface area contributed by atoms with Crippen LogP contribution < -0.4 is 30.2 Å². The lowest BCUT2D eigenvalue weighted by molar-refractivity contribution is -0.119. The van der Waals surface area contributed by atoms with Crippen LogP contribution in [0.25, 0.3) is 33.6 Å². The van der Waals surface area contributed by atoms with E-state index in [-0.39, 0.29) is 63.1 Å². The molecule has 2 saturated heterocycles. The highest BCUT2D eigenvalue weighted by atomic mass is 19.1. The van der Waals surface area contributed by atoms with E-state index < -0.39 is 11.6 Å². The highest BCUT2D eigenvalue weighted by Crippen LogP contribution is 2.43. The van der Waals surface area contributed by atoms with E-state index in [0.29, 0.717) is 56.5 Å². The van der Waals surface area contributed by atoms with Gasteiger partial charge in [0.15, 0.2) is 0 Å². The standard InChI is InChI=1S/C38H41F2N7O5/c1-4-13-38(43-21-48)19-47(20-38)17-29-36(50-2)46-28(16-42-29)26-10-6-8-24(35(26)40)23-7-5-9-25(34(23)39)27-14-31-33(37(45-27)51-3)30(18-52-31)41-15-22-11-12-32(49)44-22/h5-10,14,16,21-22,30,41H,4,11-13,15,17-20H2,1-3H3,(H,43,48)(H,44,49). The Labute approximate surface area is 300 Å². The van der Waals surface area contributed by atoms with Crippen LogP contribution in [0.4, 0.5) is 8.78 Å². The summed E-state index contributed by atoms with van der Waals surface area (Å²) in [5.41, 5.74) is 1.96. The Morgan fingerprint density at radius 2 is 1.69 bits per heavy atom. The van der Waals surface area contributed by atoms with Crippen molar-refractivity contribution in [2.75, 3.05) is 40.5 Å². The van der Waals surface area contributed by atoms with Crippen LogP contribution in [0.2, 0.25) is 0 Å². The van der Waals surface area contributed by atoms with Crippen LogP contribution in [0.3, 0.4) is 0 Å². The zero-order valence-electron chi connectivity index (χ0n) is 29.3. The number of nitrogens with one attached hydrogen (secondary N) is 3. The molecule has 2 aromatic carbocycles. The van der Waals surface area contributed by atoms with Crippen molar-refractivity contribution >= 4 is 12.3 Å². The maximum absolute atomic E-state index is 16.4. The smallest absolute Gasteiger partial charge is 0.237 e. The van der Waals surface area contributed by atoms with Crippen LogP contribution in [-0.2, 0) is 16.1 Å². The first kappa shape index (κ1) is 35.2. The molecule has 12 nitrogen and oxygen atoms in total. The number of aromatic nitrogens is 3. The number of rotatable bonds is 14. The molecule has 0 spiro atoms. The third-order valence-corrected chi connectivity index (χ3v) is 9.99. The minimum absolute atomic E-state index is 0.0365. The van der Waals surface area contributed by atoms with Gasteiger partial charge in [0, 0.05) is 67.0 Å². The molecule has 2 unspecified atom stereocenters. The number of carbonyl (C=O) groups is 2. The zero-order chi connectivity index (χ0) is 36.4. The fourth-order valence-electron chi connectivity index (χ4n) is 7.51. The second kappa shape index (κ2) is 14.8. The summed E-state index contributed by atoms with van der Waals surface area (Å²) < 4.78 is 49.9. The van der Waals surface area contributed by atoms with Gasteiger partial charge in [-0.3, -0.25) is 19.5 Å². The van der Waals surface area contributed by atoms with E-state index in [1.54, 1.807) is 30.3 Å². The number of nitrogens with zero attached hydrogens (tertiary/aromatic N) is 4. The molecule has 2 amide bonds. The number of benzene rings is 2. The lowest BCUT2D eigenvalue weighted by atomic mass is 9.85. The molecule has 14 heteroatoms. The van der Waals surface area contributed by atoms with Gasteiger partial charge in [-0.05, 0) is 25.0 Å². The van der Waals surface area contributed by atoms with Crippen molar-refractivity contribution in [3.63, 3.8) is 0 Å². The van der Waals surface area contributed by atoms with E-state index in [1.807, 2.05) is 0 Å². The molecular weight excluding hydrogens is 672 g/mol. The molecule has 52 heavy (non-hydrogen) atoms. The van der Waals surface area contributed by atoms with Gasteiger partial charge in [-0.1, -0.05) is 37.6 Å². The van der Waals surface area contributed by atoms with Crippen molar-refractivity contribution in [2.24, 2.45) is 0 Å². The molecule has 3 aliphatic heterocycles. The molecule has 4 aromatic rings. The molecule has 2 aromatic heterocycles. The highest BCUT2D eigenvalue weighted by Gasteiger charge is 2.42. The molecule has 0 aliphatic carbocycles. The number of hydrogen-bond donors (Lipinski definition) is 3. The highest BCUT2D eigenvalue weighted by molar-refractivity contribution is 5.79. The van der Waals surface area contributed by atoms with Gasteiger partial charge in [-0.2, -0.15) is 0 Å². The summed E-state index contributed by atoms with van der Waals surface area (Å²) in [7, 11) is 2.98. The van der Waals surface area contributed by atoms with Gasteiger partial charge in [0.2, 0.25) is 24.1 Å². The quantitative estimate of drug-likeness (QED) is 0.159. The predicted octanol–water partition coefficient (Wildman–Crippen LogP) is 4.57. The molecule has 7 rings (SSSR count). The van der Waals surface area contributed by atoms with Crippen molar-refractivity contribution in [2.45, 2.75) is 56.8 Å². The Bertz CT molecular complexity index is 1990. The first-order valence-electron chi connectivity index (χ1n) is 17.4. The summed E-state index contributed by atoms with van der Waals surface area (Å²) in [6, 6.07) is 11.0. The van der Waals surface area contributed by atoms with Crippen LogP contribution in [0.5, 0.6) is 17.5 Å². The zero-order valence-corrected chi connectivity index (χ0v) is 29.3. The van der Waals surface area contributed by atoms with Crippen molar-refractivity contribution in [3.8, 4) is 51.2 Å². The molecule has 2 atom stereocenters. The third-order valence-electron chi connectivity index (χ3n) is 9.99. The van der Waals surface area contributed by atoms with E-state index in [1.165, 1.54) is 32.5 Å². The number of likely N-dealkylation sites (tertiary alicyclic amines) is 1. The van der Waals surface area contributed by atoms with Crippen LogP contribution in [0, 0.1) is 11.6 Å². The lowest BCUT2D eigenvalue weighted by Gasteiger charge is -2.50. The number of hydrogen-bond acceptors (Lipinski definition) is 10. The summed E-state index contributed by atoms with van der Waals surface area (Å²) in [5, 5.41) is 9.33. The molecule has 5 heterocycles. The Kier molecular flexibility index (Phi) is 10.0. The Morgan fingerprint density at radius 1 is 1.02 bits per heavy atom. The van der Waals surface area contributed by atoms with Crippen molar-refractivity contribution in [3.05, 3.63) is 71.6 Å². The van der Waals surface area contributed by atoms with Gasteiger partial charge in [0.1, 0.15) is 29.7 Å². The van der Waals surface area contributed by atoms with Crippen LogP contribution >= 0.6 is 0 Å². The number of amides is 2. The molecule has 3 aliphatic rings. The summed E-state index contributed by atoms with van der Waals surface area (Å²) in [6.45, 7) is 4.77. The molecule has 2 fully saturated rings. The molecular formula is C38H41F2N7O5. The van der Waals surface area contributed by atoms with Gasteiger partial charge in [-0.25, -0.2) is 18.7 Å². The minimum Gasteiger partial charge on any atom is -0.491 e. The Morgan fingerprint density at radius 3 is 2.33 bits per heavy atom. The van der Waals surface area contributed by atoms with E-state index in [0.717, 1.165) is 31.2 Å². The fraction of sp³-hybridized carbons (Fsp3) is 0.395. The number of ether oxygens (including phenoxy) is 3. The number of methoxy groups -OCH3 is 2. The summed E-state index contributed by atoms with van der Waals surface area (Å²) in [4.78, 5) is 38.7. The van der Waals surface area contributed by atoms with Gasteiger partial charge in [-0.15, -0.1) is 0 Å². The van der Waals surface area contributed by atoms with Gasteiger partial charge in [0.25, 0.3) is 0 Å². The average molecular weight is 714 g/mol. The van der Waals surface area contributed by atoms with Crippen LogP contribution in [0.15, 0.2) is 48.7 Å². The second-order valence-corrected chi connectivity index (χ2v) is 13.5.